The molecule has 0 saturated carbocycles. The van der Waals surface area contributed by atoms with Gasteiger partial charge >= 0.3 is 0 Å². The smallest absolute Gasteiger partial charge is 0.128 e. The summed E-state index contributed by atoms with van der Waals surface area (Å²) in [6.07, 6.45) is 1.81. The molecule has 0 saturated heterocycles. The second-order valence-electron chi connectivity index (χ2n) is 4.88. The zero-order valence-corrected chi connectivity index (χ0v) is 11.7. The molecule has 2 aromatic rings. The predicted molar refractivity (Wildman–Crippen MR) is 77.0 cm³/mol. The number of hydrogen-bond donors (Lipinski definition) is 2. The Hall–Kier alpha value is -1.81. The van der Waals surface area contributed by atoms with E-state index in [-0.39, 0.29) is 6.04 Å². The minimum atomic E-state index is -0.0759. The first-order chi connectivity index (χ1) is 9.13. The van der Waals surface area contributed by atoms with E-state index in [0.717, 1.165) is 22.8 Å². The molecule has 0 fully saturated rings. The molecule has 0 amide bonds. The Morgan fingerprint density at radius 1 is 1.32 bits per heavy atom. The maximum atomic E-state index is 6.10. The number of hydrogen-bond acceptors (Lipinski definition) is 3. The van der Waals surface area contributed by atoms with Crippen molar-refractivity contribution in [3.8, 4) is 17.0 Å². The average Bonchev–Trinajstić information content (AvgIpc) is 2.88. The lowest BCUT2D eigenvalue weighted by Gasteiger charge is -2.12. The lowest BCUT2D eigenvalue weighted by atomic mass is 10.1. The second-order valence-corrected chi connectivity index (χ2v) is 4.88. The van der Waals surface area contributed by atoms with Crippen LogP contribution in [0.25, 0.3) is 11.3 Å². The van der Waals surface area contributed by atoms with Crippen LogP contribution in [0.4, 0.5) is 0 Å². The minimum absolute atomic E-state index is 0.0759. The largest absolute Gasteiger partial charge is 0.493 e. The van der Waals surface area contributed by atoms with E-state index in [1.807, 2.05) is 37.4 Å². The van der Waals surface area contributed by atoms with Gasteiger partial charge in [-0.2, -0.15) is 0 Å². The number of nitrogens with one attached hydrogen (secondary N) is 1. The maximum Gasteiger partial charge on any atom is 0.128 e. The van der Waals surface area contributed by atoms with Gasteiger partial charge in [0.15, 0.2) is 0 Å². The van der Waals surface area contributed by atoms with Crippen molar-refractivity contribution in [1.29, 1.82) is 0 Å². The summed E-state index contributed by atoms with van der Waals surface area (Å²) in [5.41, 5.74) is 8.05. The van der Waals surface area contributed by atoms with Gasteiger partial charge in [0, 0.05) is 5.56 Å². The maximum absolute atomic E-state index is 6.10. The lowest BCUT2D eigenvalue weighted by molar-refractivity contribution is 0.341. The topological polar surface area (TPSA) is 63.9 Å². The van der Waals surface area contributed by atoms with Crippen LogP contribution in [0.5, 0.6) is 5.75 Å². The van der Waals surface area contributed by atoms with Crippen molar-refractivity contribution in [2.75, 3.05) is 6.61 Å². The Morgan fingerprint density at radius 2 is 2.05 bits per heavy atom. The van der Waals surface area contributed by atoms with E-state index in [9.17, 15) is 0 Å². The lowest BCUT2D eigenvalue weighted by Crippen LogP contribution is -2.18. The quantitative estimate of drug-likeness (QED) is 0.867. The van der Waals surface area contributed by atoms with Gasteiger partial charge in [-0.15, -0.1) is 0 Å². The third-order valence-electron chi connectivity index (χ3n) is 3.11. The molecular weight excluding hydrogens is 238 g/mol. The molecule has 2 rings (SSSR count). The van der Waals surface area contributed by atoms with Crippen molar-refractivity contribution in [2.24, 2.45) is 11.7 Å². The summed E-state index contributed by atoms with van der Waals surface area (Å²) in [6.45, 7) is 6.79. The first-order valence-corrected chi connectivity index (χ1v) is 6.66. The minimum Gasteiger partial charge on any atom is -0.493 e. The van der Waals surface area contributed by atoms with Crippen LogP contribution < -0.4 is 10.5 Å². The van der Waals surface area contributed by atoms with Crippen molar-refractivity contribution in [2.45, 2.75) is 26.8 Å². The fourth-order valence-corrected chi connectivity index (χ4v) is 1.93. The number of ether oxygens (including phenoxy) is 1. The summed E-state index contributed by atoms with van der Waals surface area (Å²) < 4.78 is 5.63. The first kappa shape index (κ1) is 13.6. The Kier molecular flexibility index (Phi) is 4.22. The zero-order chi connectivity index (χ0) is 13.8. The molecular formula is C15H21N3O. The molecule has 19 heavy (non-hydrogen) atoms. The van der Waals surface area contributed by atoms with Gasteiger partial charge < -0.3 is 15.5 Å². The monoisotopic (exact) mass is 259 g/mol. The van der Waals surface area contributed by atoms with E-state index in [0.29, 0.717) is 12.5 Å². The number of benzene rings is 1. The van der Waals surface area contributed by atoms with Gasteiger partial charge in [-0.3, -0.25) is 0 Å². The fraction of sp³-hybridized carbons (Fsp3) is 0.400. The van der Waals surface area contributed by atoms with E-state index >= 15 is 0 Å². The normalized spacial score (nSPS) is 12.7. The number of nitrogens with two attached hydrogens (primary N) is 1. The summed E-state index contributed by atoms with van der Waals surface area (Å²) in [6, 6.07) is 7.85. The van der Waals surface area contributed by atoms with E-state index in [1.54, 1.807) is 0 Å². The van der Waals surface area contributed by atoms with Crippen LogP contribution in [-0.2, 0) is 0 Å². The third kappa shape index (κ3) is 2.96. The summed E-state index contributed by atoms with van der Waals surface area (Å²) >= 11 is 0. The fourth-order valence-electron chi connectivity index (χ4n) is 1.93. The number of rotatable bonds is 5. The summed E-state index contributed by atoms with van der Waals surface area (Å²) in [7, 11) is 0. The van der Waals surface area contributed by atoms with E-state index < -0.39 is 0 Å². The molecule has 0 radical (unpaired) electrons. The standard InChI is InChI=1S/C15H21N3O/c1-4-19-13-8-6-5-7-11(13)12-9-17-15(18-12)14(16)10(2)3/h5-10,14H,4,16H2,1-3H3,(H,17,18). The number of aromatic amines is 1. The van der Waals surface area contributed by atoms with E-state index in [2.05, 4.69) is 23.8 Å². The second kappa shape index (κ2) is 5.89. The van der Waals surface area contributed by atoms with E-state index in [1.165, 1.54) is 0 Å². The SMILES string of the molecule is CCOc1ccccc1-c1cnc(C(N)C(C)C)[nH]1. The van der Waals surface area contributed by atoms with Crippen molar-refractivity contribution < 1.29 is 4.74 Å². The van der Waals surface area contributed by atoms with Gasteiger partial charge in [-0.05, 0) is 25.0 Å². The Bertz CT molecular complexity index is 534. The van der Waals surface area contributed by atoms with Crippen molar-refractivity contribution in [3.05, 3.63) is 36.3 Å². The molecule has 1 aromatic heterocycles. The molecule has 0 bridgehead atoms. The van der Waals surface area contributed by atoms with E-state index in [4.69, 9.17) is 10.5 Å². The number of H-pyrrole nitrogens is 1. The average molecular weight is 259 g/mol. The third-order valence-corrected chi connectivity index (χ3v) is 3.11. The Morgan fingerprint density at radius 3 is 2.74 bits per heavy atom. The molecule has 1 heterocycles. The van der Waals surface area contributed by atoms with Crippen LogP contribution >= 0.6 is 0 Å². The summed E-state index contributed by atoms with van der Waals surface area (Å²) in [4.78, 5) is 7.67. The van der Waals surface area contributed by atoms with Crippen LogP contribution in [0.1, 0.15) is 32.6 Å². The summed E-state index contributed by atoms with van der Waals surface area (Å²) in [5, 5.41) is 0. The van der Waals surface area contributed by atoms with Gasteiger partial charge in [-0.1, -0.05) is 26.0 Å². The molecule has 4 heteroatoms. The predicted octanol–water partition coefficient (Wildman–Crippen LogP) is 3.13. The molecule has 0 spiro atoms. The van der Waals surface area contributed by atoms with Crippen molar-refractivity contribution in [1.82, 2.24) is 9.97 Å². The van der Waals surface area contributed by atoms with Crippen LogP contribution in [0.15, 0.2) is 30.5 Å². The van der Waals surface area contributed by atoms with Crippen LogP contribution in [-0.4, -0.2) is 16.6 Å². The molecule has 3 N–H and O–H groups in total. The van der Waals surface area contributed by atoms with Gasteiger partial charge in [0.25, 0.3) is 0 Å². The van der Waals surface area contributed by atoms with Gasteiger partial charge in [0.05, 0.1) is 24.5 Å². The molecule has 1 atom stereocenters. The molecule has 0 aliphatic carbocycles. The van der Waals surface area contributed by atoms with Crippen molar-refractivity contribution >= 4 is 0 Å². The highest BCUT2D eigenvalue weighted by atomic mass is 16.5. The van der Waals surface area contributed by atoms with Gasteiger partial charge in [0.2, 0.25) is 0 Å². The van der Waals surface area contributed by atoms with Crippen LogP contribution in [0.2, 0.25) is 0 Å². The molecule has 1 unspecified atom stereocenters. The zero-order valence-electron chi connectivity index (χ0n) is 11.7. The molecule has 0 aliphatic heterocycles. The Balaban J connectivity index is 2.32. The number of para-hydroxylation sites is 1. The van der Waals surface area contributed by atoms with Crippen LogP contribution in [0, 0.1) is 5.92 Å². The highest BCUT2D eigenvalue weighted by Crippen LogP contribution is 2.29. The first-order valence-electron chi connectivity index (χ1n) is 6.66. The highest BCUT2D eigenvalue weighted by Gasteiger charge is 2.15. The number of imidazole rings is 1. The molecule has 4 nitrogen and oxygen atoms in total. The van der Waals surface area contributed by atoms with Crippen LogP contribution in [0.3, 0.4) is 0 Å². The molecule has 1 aromatic carbocycles. The van der Waals surface area contributed by atoms with Gasteiger partial charge in [-0.25, -0.2) is 4.98 Å². The highest BCUT2D eigenvalue weighted by molar-refractivity contribution is 5.66. The van der Waals surface area contributed by atoms with Crippen molar-refractivity contribution in [3.63, 3.8) is 0 Å². The molecule has 102 valence electrons. The molecule has 0 aliphatic rings. The number of nitrogens with zero attached hydrogens (tertiary/aromatic N) is 1. The number of aromatic nitrogens is 2. The van der Waals surface area contributed by atoms with Gasteiger partial charge in [0.1, 0.15) is 11.6 Å². The summed E-state index contributed by atoms with van der Waals surface area (Å²) in [5.74, 6) is 2.02. The Labute approximate surface area is 114 Å².